The van der Waals surface area contributed by atoms with Gasteiger partial charge in [0.1, 0.15) is 6.29 Å². The summed E-state index contributed by atoms with van der Waals surface area (Å²) in [6, 6.07) is 0. The van der Waals surface area contributed by atoms with Gasteiger partial charge < -0.3 is 0 Å². The summed E-state index contributed by atoms with van der Waals surface area (Å²) in [6.45, 7) is 5.47. The Hall–Kier alpha value is -0.590. The van der Waals surface area contributed by atoms with Crippen LogP contribution in [0.1, 0.15) is 39.0 Å². The summed E-state index contributed by atoms with van der Waals surface area (Å²) in [5.41, 5.74) is 0. The summed E-state index contributed by atoms with van der Waals surface area (Å²) < 4.78 is 0. The zero-order valence-corrected chi connectivity index (χ0v) is 7.38. The Morgan fingerprint density at radius 3 is 1.91 bits per heavy atom. The number of rotatable bonds is 1. The number of carbonyl (C=O) groups is 1. The van der Waals surface area contributed by atoms with Crippen LogP contribution in [0.2, 0.25) is 0 Å². The van der Waals surface area contributed by atoms with Crippen LogP contribution in [-0.2, 0) is 4.79 Å². The molecule has 11 heavy (non-hydrogen) atoms. The zero-order valence-electron chi connectivity index (χ0n) is 7.38. The molecule has 64 valence electrons. The Kier molecular flexibility index (Phi) is 7.11. The normalized spacial score (nSPS) is 17.9. The van der Waals surface area contributed by atoms with Crippen LogP contribution in [-0.4, -0.2) is 6.29 Å². The average molecular weight is 154 g/mol. The first-order valence-electron chi connectivity index (χ1n) is 4.37. The van der Waals surface area contributed by atoms with Crippen molar-refractivity contribution in [3.05, 3.63) is 12.7 Å². The number of hydrogen-bond donors (Lipinski definition) is 0. The lowest BCUT2D eigenvalue weighted by Gasteiger charge is -2.15. The summed E-state index contributed by atoms with van der Waals surface area (Å²) in [6.07, 6.45) is 9.27. The highest BCUT2D eigenvalue weighted by Gasteiger charge is 2.05. The van der Waals surface area contributed by atoms with E-state index in [0.29, 0.717) is 6.29 Å². The van der Waals surface area contributed by atoms with Crippen LogP contribution in [0, 0.1) is 5.92 Å². The van der Waals surface area contributed by atoms with Crippen molar-refractivity contribution in [2.45, 2.75) is 39.0 Å². The van der Waals surface area contributed by atoms with Gasteiger partial charge in [-0.2, -0.15) is 0 Å². The predicted molar refractivity (Wildman–Crippen MR) is 48.5 cm³/mol. The Bertz CT molecular complexity index is 95.4. The maximum atomic E-state index is 9.06. The smallest absolute Gasteiger partial charge is 0.142 e. The van der Waals surface area contributed by atoms with Gasteiger partial charge in [0.15, 0.2) is 0 Å². The Labute approximate surface area is 69.5 Å². The lowest BCUT2D eigenvalue weighted by molar-refractivity contribution is -0.104. The molecule has 1 fully saturated rings. The fourth-order valence-electron chi connectivity index (χ4n) is 1.31. The van der Waals surface area contributed by atoms with E-state index < -0.39 is 0 Å². The molecule has 1 saturated carbocycles. The molecular formula is C10H18O. The molecule has 0 atom stereocenters. The molecule has 0 radical (unpaired) electrons. The van der Waals surface area contributed by atoms with Gasteiger partial charge in [-0.15, -0.1) is 0 Å². The van der Waals surface area contributed by atoms with E-state index in [2.05, 4.69) is 13.5 Å². The summed E-state index contributed by atoms with van der Waals surface area (Å²) in [4.78, 5) is 9.06. The lowest BCUT2D eigenvalue weighted by Crippen LogP contribution is -1.99. The van der Waals surface area contributed by atoms with Crippen molar-refractivity contribution in [3.8, 4) is 0 Å². The molecule has 0 heterocycles. The minimum Gasteiger partial charge on any atom is -0.299 e. The maximum Gasteiger partial charge on any atom is 0.142 e. The van der Waals surface area contributed by atoms with E-state index in [0.717, 1.165) is 5.92 Å². The molecule has 0 N–H and O–H groups in total. The van der Waals surface area contributed by atoms with Crippen LogP contribution in [0.4, 0.5) is 0 Å². The SMILES string of the molecule is C=CC=O.CC1CCCCC1. The summed E-state index contributed by atoms with van der Waals surface area (Å²) >= 11 is 0. The monoisotopic (exact) mass is 154 g/mol. The Morgan fingerprint density at radius 1 is 1.27 bits per heavy atom. The fraction of sp³-hybridized carbons (Fsp3) is 0.700. The van der Waals surface area contributed by atoms with Crippen molar-refractivity contribution in [2.24, 2.45) is 5.92 Å². The largest absolute Gasteiger partial charge is 0.299 e. The van der Waals surface area contributed by atoms with Crippen molar-refractivity contribution in [1.82, 2.24) is 0 Å². The second-order valence-electron chi connectivity index (χ2n) is 3.11. The molecule has 0 bridgehead atoms. The molecule has 1 aliphatic rings. The van der Waals surface area contributed by atoms with Crippen molar-refractivity contribution < 1.29 is 4.79 Å². The maximum absolute atomic E-state index is 9.06. The second-order valence-corrected chi connectivity index (χ2v) is 3.11. The van der Waals surface area contributed by atoms with Crippen molar-refractivity contribution in [1.29, 1.82) is 0 Å². The highest BCUT2D eigenvalue weighted by molar-refractivity contribution is 5.63. The first kappa shape index (κ1) is 10.4. The molecule has 0 spiro atoms. The number of carbonyl (C=O) groups excluding carboxylic acids is 1. The Balaban J connectivity index is 0.000000218. The van der Waals surface area contributed by atoms with Gasteiger partial charge in [-0.3, -0.25) is 4.79 Å². The topological polar surface area (TPSA) is 17.1 Å². The fourth-order valence-corrected chi connectivity index (χ4v) is 1.31. The molecule has 0 unspecified atom stereocenters. The van der Waals surface area contributed by atoms with Crippen LogP contribution in [0.15, 0.2) is 12.7 Å². The van der Waals surface area contributed by atoms with E-state index in [-0.39, 0.29) is 0 Å². The molecule has 1 heteroatoms. The highest BCUT2D eigenvalue weighted by atomic mass is 16.1. The first-order chi connectivity index (χ1) is 5.31. The van der Waals surface area contributed by atoms with Gasteiger partial charge in [0.2, 0.25) is 0 Å². The van der Waals surface area contributed by atoms with Gasteiger partial charge in [0.05, 0.1) is 0 Å². The summed E-state index contributed by atoms with van der Waals surface area (Å²) in [5, 5.41) is 0. The second kappa shape index (κ2) is 7.52. The molecule has 0 aromatic carbocycles. The summed E-state index contributed by atoms with van der Waals surface area (Å²) in [5.74, 6) is 1.04. The Morgan fingerprint density at radius 2 is 1.73 bits per heavy atom. The van der Waals surface area contributed by atoms with Crippen LogP contribution in [0.5, 0.6) is 0 Å². The van der Waals surface area contributed by atoms with E-state index in [1.165, 1.54) is 38.2 Å². The van der Waals surface area contributed by atoms with E-state index in [9.17, 15) is 0 Å². The molecule has 0 aliphatic heterocycles. The third-order valence-corrected chi connectivity index (χ3v) is 1.99. The van der Waals surface area contributed by atoms with Crippen LogP contribution in [0.25, 0.3) is 0 Å². The van der Waals surface area contributed by atoms with Gasteiger partial charge in [0.25, 0.3) is 0 Å². The minimum absolute atomic E-state index is 0.639. The van der Waals surface area contributed by atoms with Crippen molar-refractivity contribution in [3.63, 3.8) is 0 Å². The minimum atomic E-state index is 0.639. The molecule has 1 rings (SSSR count). The number of allylic oxidation sites excluding steroid dienone is 1. The standard InChI is InChI=1S/C7H14.C3H4O/c1-7-5-3-2-4-6-7;1-2-3-4/h7H,2-6H2,1H3;2-3H,1H2. The first-order valence-corrected chi connectivity index (χ1v) is 4.37. The van der Waals surface area contributed by atoms with Gasteiger partial charge in [-0.05, 0) is 12.0 Å². The van der Waals surface area contributed by atoms with Gasteiger partial charge >= 0.3 is 0 Å². The lowest BCUT2D eigenvalue weighted by atomic mass is 9.91. The average Bonchev–Trinajstić information content (AvgIpc) is 2.07. The third-order valence-electron chi connectivity index (χ3n) is 1.99. The van der Waals surface area contributed by atoms with Gasteiger partial charge in [-0.1, -0.05) is 45.6 Å². The molecule has 0 aromatic rings. The number of aldehydes is 1. The quantitative estimate of drug-likeness (QED) is 0.419. The van der Waals surface area contributed by atoms with E-state index in [1.54, 1.807) is 0 Å². The van der Waals surface area contributed by atoms with Gasteiger partial charge in [-0.25, -0.2) is 0 Å². The molecular weight excluding hydrogens is 136 g/mol. The van der Waals surface area contributed by atoms with E-state index >= 15 is 0 Å². The van der Waals surface area contributed by atoms with Crippen molar-refractivity contribution >= 4 is 6.29 Å². The molecule has 1 aliphatic carbocycles. The van der Waals surface area contributed by atoms with Gasteiger partial charge in [0, 0.05) is 0 Å². The van der Waals surface area contributed by atoms with Crippen molar-refractivity contribution in [2.75, 3.05) is 0 Å². The molecule has 0 aromatic heterocycles. The van der Waals surface area contributed by atoms with Crippen LogP contribution in [0.3, 0.4) is 0 Å². The number of hydrogen-bond acceptors (Lipinski definition) is 1. The van der Waals surface area contributed by atoms with E-state index in [4.69, 9.17) is 4.79 Å². The molecule has 0 amide bonds. The molecule has 1 nitrogen and oxygen atoms in total. The van der Waals surface area contributed by atoms with Crippen LogP contribution >= 0.6 is 0 Å². The van der Waals surface area contributed by atoms with E-state index in [1.807, 2.05) is 0 Å². The molecule has 0 saturated heterocycles. The zero-order chi connectivity index (χ0) is 8.53. The highest BCUT2D eigenvalue weighted by Crippen LogP contribution is 2.21. The predicted octanol–water partition coefficient (Wildman–Crippen LogP) is 2.96. The third kappa shape index (κ3) is 7.31. The van der Waals surface area contributed by atoms with Crippen LogP contribution < -0.4 is 0 Å². The summed E-state index contributed by atoms with van der Waals surface area (Å²) in [7, 11) is 0.